The second-order valence-electron chi connectivity index (χ2n) is 8.70. The van der Waals surface area contributed by atoms with E-state index in [-0.39, 0.29) is 11.5 Å². The molecule has 176 valence electrons. The van der Waals surface area contributed by atoms with Gasteiger partial charge in [-0.1, -0.05) is 18.9 Å². The van der Waals surface area contributed by atoms with Gasteiger partial charge < -0.3 is 19.5 Å². The molecule has 0 spiro atoms. The number of fused-ring (bicyclic) bond motifs is 2. The number of rotatable bonds is 5. The van der Waals surface area contributed by atoms with E-state index in [1.54, 1.807) is 6.07 Å². The lowest BCUT2D eigenvalue weighted by atomic mass is 9.78. The average Bonchev–Trinajstić information content (AvgIpc) is 3.43. The summed E-state index contributed by atoms with van der Waals surface area (Å²) >= 11 is 0. The van der Waals surface area contributed by atoms with E-state index in [1.807, 2.05) is 12.1 Å². The number of nitrogens with one attached hydrogen (secondary N) is 1. The maximum Gasteiger partial charge on any atom is 0.317 e. The van der Waals surface area contributed by atoms with Crippen molar-refractivity contribution in [2.45, 2.75) is 31.1 Å². The monoisotopic (exact) mass is 464 g/mol. The number of nitrogens with zero attached hydrogens (tertiary/aromatic N) is 1. The van der Waals surface area contributed by atoms with Gasteiger partial charge in [-0.2, -0.15) is 0 Å². The molecule has 2 heterocycles. The maximum absolute atomic E-state index is 13.2. The Hall–Kier alpha value is -3.88. The summed E-state index contributed by atoms with van der Waals surface area (Å²) in [7, 11) is 1.41. The molecule has 0 bridgehead atoms. The first-order valence-electron chi connectivity index (χ1n) is 11.2. The fraction of sp³-hybridized carbons (Fsp3) is 0.360. The van der Waals surface area contributed by atoms with Crippen molar-refractivity contribution in [3.05, 3.63) is 53.1 Å². The van der Waals surface area contributed by atoms with Crippen LogP contribution in [0.25, 0.3) is 0 Å². The molecule has 0 aromatic heterocycles. The van der Waals surface area contributed by atoms with Crippen molar-refractivity contribution >= 4 is 29.4 Å². The highest BCUT2D eigenvalue weighted by Crippen LogP contribution is 2.45. The van der Waals surface area contributed by atoms with Crippen molar-refractivity contribution in [3.8, 4) is 11.5 Å². The normalized spacial score (nSPS) is 18.0. The Labute approximate surface area is 196 Å². The quantitative estimate of drug-likeness (QED) is 0.535. The summed E-state index contributed by atoms with van der Waals surface area (Å²) in [4.78, 5) is 50.9. The second-order valence-corrected chi connectivity index (χ2v) is 8.70. The number of carbonyl (C=O) groups excluding carboxylic acids is 4. The average molecular weight is 464 g/mol. The third-order valence-corrected chi connectivity index (χ3v) is 6.65. The van der Waals surface area contributed by atoms with E-state index in [1.165, 1.54) is 25.2 Å². The van der Waals surface area contributed by atoms with E-state index in [0.717, 1.165) is 23.3 Å². The molecule has 0 unspecified atom stereocenters. The van der Waals surface area contributed by atoms with E-state index in [0.29, 0.717) is 48.8 Å². The van der Waals surface area contributed by atoms with Crippen molar-refractivity contribution in [1.82, 2.24) is 4.90 Å². The van der Waals surface area contributed by atoms with Gasteiger partial charge in [0.15, 0.2) is 18.1 Å². The molecule has 2 aromatic rings. The number of esters is 1. The SMILES string of the molecule is CN1C(=O)c2ccc(NC(=O)COC(=O)C3(c4ccc5c(c4)OCCO5)CCCC3)cc2C1=O. The number of carbonyl (C=O) groups is 4. The molecule has 9 nitrogen and oxygen atoms in total. The molecule has 3 amide bonds. The van der Waals surface area contributed by atoms with Gasteiger partial charge in [-0.15, -0.1) is 0 Å². The molecule has 34 heavy (non-hydrogen) atoms. The first kappa shape index (κ1) is 21.9. The molecule has 2 aliphatic heterocycles. The van der Waals surface area contributed by atoms with Crippen LogP contribution in [-0.2, 0) is 19.7 Å². The predicted molar refractivity (Wildman–Crippen MR) is 120 cm³/mol. The number of ether oxygens (including phenoxy) is 3. The smallest absolute Gasteiger partial charge is 0.317 e. The van der Waals surface area contributed by atoms with Crippen LogP contribution in [0, 0.1) is 0 Å². The summed E-state index contributed by atoms with van der Waals surface area (Å²) in [6, 6.07) is 9.99. The van der Waals surface area contributed by atoms with E-state index in [9.17, 15) is 19.2 Å². The molecule has 3 aliphatic rings. The lowest BCUT2D eigenvalue weighted by Crippen LogP contribution is -2.36. The Morgan fingerprint density at radius 2 is 1.68 bits per heavy atom. The lowest BCUT2D eigenvalue weighted by molar-refractivity contribution is -0.153. The number of benzene rings is 2. The molecular formula is C25H24N2O7. The van der Waals surface area contributed by atoms with Crippen LogP contribution < -0.4 is 14.8 Å². The number of amides is 3. The van der Waals surface area contributed by atoms with Crippen molar-refractivity contribution in [3.63, 3.8) is 0 Å². The number of hydrogen-bond acceptors (Lipinski definition) is 7. The molecule has 0 radical (unpaired) electrons. The Morgan fingerprint density at radius 3 is 2.44 bits per heavy atom. The van der Waals surface area contributed by atoms with Gasteiger partial charge in [-0.25, -0.2) is 0 Å². The third-order valence-electron chi connectivity index (χ3n) is 6.65. The van der Waals surface area contributed by atoms with Gasteiger partial charge in [0.2, 0.25) is 0 Å². The van der Waals surface area contributed by atoms with Crippen LogP contribution >= 0.6 is 0 Å². The van der Waals surface area contributed by atoms with Gasteiger partial charge in [-0.05, 0) is 48.7 Å². The van der Waals surface area contributed by atoms with Crippen LogP contribution in [0.1, 0.15) is 52.0 Å². The van der Waals surface area contributed by atoms with Gasteiger partial charge in [-0.3, -0.25) is 24.1 Å². The molecular weight excluding hydrogens is 440 g/mol. The van der Waals surface area contributed by atoms with Crippen molar-refractivity contribution in [2.75, 3.05) is 32.2 Å². The molecule has 0 saturated heterocycles. The molecule has 9 heteroatoms. The largest absolute Gasteiger partial charge is 0.486 e. The van der Waals surface area contributed by atoms with E-state index < -0.39 is 29.8 Å². The first-order chi connectivity index (χ1) is 16.4. The third kappa shape index (κ3) is 3.67. The molecule has 1 fully saturated rings. The fourth-order valence-corrected chi connectivity index (χ4v) is 4.84. The minimum absolute atomic E-state index is 0.228. The van der Waals surface area contributed by atoms with Crippen LogP contribution in [0.4, 0.5) is 5.69 Å². The Kier molecular flexibility index (Phi) is 5.47. The van der Waals surface area contributed by atoms with Crippen LogP contribution in [0.5, 0.6) is 11.5 Å². The van der Waals surface area contributed by atoms with Gasteiger partial charge in [0.1, 0.15) is 13.2 Å². The highest BCUT2D eigenvalue weighted by molar-refractivity contribution is 6.21. The van der Waals surface area contributed by atoms with Crippen molar-refractivity contribution in [2.24, 2.45) is 0 Å². The zero-order valence-electron chi connectivity index (χ0n) is 18.7. The Morgan fingerprint density at radius 1 is 0.971 bits per heavy atom. The van der Waals surface area contributed by atoms with Crippen LogP contribution in [0.3, 0.4) is 0 Å². The second kappa shape index (κ2) is 8.48. The summed E-state index contributed by atoms with van der Waals surface area (Å²) in [5.74, 6) is -0.535. The van der Waals surface area contributed by atoms with E-state index >= 15 is 0 Å². The molecule has 1 saturated carbocycles. The highest BCUT2D eigenvalue weighted by atomic mass is 16.6. The Balaban J connectivity index is 1.26. The summed E-state index contributed by atoms with van der Waals surface area (Å²) in [6.07, 6.45) is 3.02. The molecule has 1 aliphatic carbocycles. The molecule has 1 N–H and O–H groups in total. The van der Waals surface area contributed by atoms with Crippen LogP contribution in [-0.4, -0.2) is 55.5 Å². The van der Waals surface area contributed by atoms with Crippen LogP contribution in [0.15, 0.2) is 36.4 Å². The topological polar surface area (TPSA) is 111 Å². The van der Waals surface area contributed by atoms with E-state index in [2.05, 4.69) is 5.32 Å². The highest BCUT2D eigenvalue weighted by Gasteiger charge is 2.45. The number of imide groups is 1. The standard InChI is InChI=1S/C25H24N2O7/c1-27-22(29)17-6-5-16(13-18(17)23(27)30)26-21(28)14-34-24(31)25(8-2-3-9-25)15-4-7-19-20(12-15)33-11-10-32-19/h4-7,12-13H,2-3,8-11,14H2,1H3,(H,26,28). The minimum Gasteiger partial charge on any atom is -0.486 e. The predicted octanol–water partition coefficient (Wildman–Crippen LogP) is 2.68. The van der Waals surface area contributed by atoms with Gasteiger partial charge in [0.05, 0.1) is 16.5 Å². The molecule has 5 rings (SSSR count). The Bertz CT molecular complexity index is 1200. The summed E-state index contributed by atoms with van der Waals surface area (Å²) in [6.45, 7) is 0.474. The van der Waals surface area contributed by atoms with Gasteiger partial charge in [0, 0.05) is 12.7 Å². The van der Waals surface area contributed by atoms with Crippen LogP contribution in [0.2, 0.25) is 0 Å². The van der Waals surface area contributed by atoms with Crippen molar-refractivity contribution < 1.29 is 33.4 Å². The first-order valence-corrected chi connectivity index (χ1v) is 11.2. The molecule has 0 atom stereocenters. The summed E-state index contributed by atoms with van der Waals surface area (Å²) < 4.78 is 16.7. The number of anilines is 1. The van der Waals surface area contributed by atoms with Gasteiger partial charge >= 0.3 is 5.97 Å². The maximum atomic E-state index is 13.2. The van der Waals surface area contributed by atoms with E-state index in [4.69, 9.17) is 14.2 Å². The number of hydrogen-bond donors (Lipinski definition) is 1. The lowest BCUT2D eigenvalue weighted by Gasteiger charge is -2.28. The molecule has 2 aromatic carbocycles. The summed E-state index contributed by atoms with van der Waals surface area (Å²) in [5, 5.41) is 2.63. The van der Waals surface area contributed by atoms with Gasteiger partial charge in [0.25, 0.3) is 17.7 Å². The zero-order chi connectivity index (χ0) is 23.9. The summed E-state index contributed by atoms with van der Waals surface area (Å²) in [5.41, 5.74) is 0.829. The fourth-order valence-electron chi connectivity index (χ4n) is 4.84. The van der Waals surface area contributed by atoms with Crippen molar-refractivity contribution in [1.29, 1.82) is 0 Å². The minimum atomic E-state index is -0.832. The zero-order valence-corrected chi connectivity index (χ0v) is 18.7.